The SMILES string of the molecule is Cn1cc(CCNCc2ccc(C#N)s2)cn1. The van der Waals surface area contributed by atoms with Crippen molar-refractivity contribution in [2.75, 3.05) is 6.54 Å². The van der Waals surface area contributed by atoms with Crippen LogP contribution in [0.4, 0.5) is 0 Å². The Balaban J connectivity index is 1.71. The minimum absolute atomic E-state index is 0.772. The molecule has 2 rings (SSSR count). The maximum absolute atomic E-state index is 8.70. The number of hydrogen-bond donors (Lipinski definition) is 1. The van der Waals surface area contributed by atoms with E-state index >= 15 is 0 Å². The largest absolute Gasteiger partial charge is 0.312 e. The van der Waals surface area contributed by atoms with Gasteiger partial charge in [-0.05, 0) is 30.7 Å². The average Bonchev–Trinajstić information content (AvgIpc) is 2.93. The van der Waals surface area contributed by atoms with Crippen molar-refractivity contribution in [2.45, 2.75) is 13.0 Å². The highest BCUT2D eigenvalue weighted by atomic mass is 32.1. The summed E-state index contributed by atoms with van der Waals surface area (Å²) >= 11 is 1.54. The predicted octanol–water partition coefficient (Wildman–Crippen LogP) is 1.69. The fourth-order valence-electron chi connectivity index (χ4n) is 1.58. The van der Waals surface area contributed by atoms with Crippen molar-refractivity contribution < 1.29 is 0 Å². The summed E-state index contributed by atoms with van der Waals surface area (Å²) in [6.45, 7) is 1.75. The zero-order valence-corrected chi connectivity index (χ0v) is 10.5. The van der Waals surface area contributed by atoms with Crippen LogP contribution in [0.5, 0.6) is 0 Å². The first kappa shape index (κ1) is 11.8. The first-order valence-corrected chi connectivity index (χ1v) is 6.26. The summed E-state index contributed by atoms with van der Waals surface area (Å²) in [5.74, 6) is 0. The van der Waals surface area contributed by atoms with Crippen molar-refractivity contribution in [3.8, 4) is 6.07 Å². The lowest BCUT2D eigenvalue weighted by atomic mass is 10.2. The summed E-state index contributed by atoms with van der Waals surface area (Å²) in [4.78, 5) is 1.97. The van der Waals surface area contributed by atoms with Gasteiger partial charge in [0.2, 0.25) is 0 Å². The van der Waals surface area contributed by atoms with Crippen molar-refractivity contribution >= 4 is 11.3 Å². The summed E-state index contributed by atoms with van der Waals surface area (Å²) in [5.41, 5.74) is 1.24. The van der Waals surface area contributed by atoms with Crippen LogP contribution in [0.25, 0.3) is 0 Å². The van der Waals surface area contributed by atoms with Crippen LogP contribution in [0, 0.1) is 11.3 Å². The Morgan fingerprint density at radius 3 is 3.06 bits per heavy atom. The van der Waals surface area contributed by atoms with Crippen molar-refractivity contribution in [2.24, 2.45) is 7.05 Å². The molecule has 0 aromatic carbocycles. The number of nitrogens with one attached hydrogen (secondary N) is 1. The Hall–Kier alpha value is -1.64. The minimum atomic E-state index is 0.772. The second-order valence-corrected chi connectivity index (χ2v) is 5.00. The number of aromatic nitrogens is 2. The summed E-state index contributed by atoms with van der Waals surface area (Å²) in [5, 5.41) is 16.2. The Morgan fingerprint density at radius 1 is 1.53 bits per heavy atom. The molecule has 0 amide bonds. The number of nitriles is 1. The monoisotopic (exact) mass is 246 g/mol. The molecule has 2 heterocycles. The van der Waals surface area contributed by atoms with Gasteiger partial charge in [-0.3, -0.25) is 4.68 Å². The van der Waals surface area contributed by atoms with Crippen molar-refractivity contribution in [1.29, 1.82) is 5.26 Å². The van der Waals surface area contributed by atoms with E-state index in [0.29, 0.717) is 0 Å². The number of thiophene rings is 1. The molecular formula is C12H14N4S. The van der Waals surface area contributed by atoms with Gasteiger partial charge in [0.05, 0.1) is 6.20 Å². The molecule has 17 heavy (non-hydrogen) atoms. The van der Waals surface area contributed by atoms with E-state index in [0.717, 1.165) is 24.4 Å². The zero-order valence-electron chi connectivity index (χ0n) is 9.68. The topological polar surface area (TPSA) is 53.6 Å². The molecule has 0 aliphatic rings. The first-order valence-electron chi connectivity index (χ1n) is 5.45. The molecular weight excluding hydrogens is 232 g/mol. The smallest absolute Gasteiger partial charge is 0.110 e. The quantitative estimate of drug-likeness (QED) is 0.817. The van der Waals surface area contributed by atoms with E-state index < -0.39 is 0 Å². The van der Waals surface area contributed by atoms with Gasteiger partial charge in [0.25, 0.3) is 0 Å². The predicted molar refractivity (Wildman–Crippen MR) is 67.7 cm³/mol. The van der Waals surface area contributed by atoms with Crippen LogP contribution in [0.15, 0.2) is 24.5 Å². The molecule has 1 N–H and O–H groups in total. The number of nitrogens with zero attached hydrogens (tertiary/aromatic N) is 3. The summed E-state index contributed by atoms with van der Waals surface area (Å²) in [6, 6.07) is 6.01. The van der Waals surface area contributed by atoms with Crippen LogP contribution < -0.4 is 5.32 Å². The normalized spacial score (nSPS) is 10.4. The molecule has 0 saturated heterocycles. The van der Waals surface area contributed by atoms with Crippen molar-refractivity contribution in [3.05, 3.63) is 39.8 Å². The third-order valence-corrected chi connectivity index (χ3v) is 3.41. The van der Waals surface area contributed by atoms with Gasteiger partial charge in [0, 0.05) is 24.7 Å². The fraction of sp³-hybridized carbons (Fsp3) is 0.333. The number of hydrogen-bond acceptors (Lipinski definition) is 4. The summed E-state index contributed by atoms with van der Waals surface area (Å²) < 4.78 is 1.81. The molecule has 0 atom stereocenters. The van der Waals surface area contributed by atoms with Gasteiger partial charge in [0.1, 0.15) is 10.9 Å². The number of rotatable bonds is 5. The molecule has 2 aromatic heterocycles. The molecule has 0 aliphatic heterocycles. The second-order valence-electron chi connectivity index (χ2n) is 3.83. The first-order chi connectivity index (χ1) is 8.28. The van der Waals surface area contributed by atoms with Gasteiger partial charge in [0.15, 0.2) is 0 Å². The Kier molecular flexibility index (Phi) is 3.91. The maximum Gasteiger partial charge on any atom is 0.110 e. The molecule has 0 saturated carbocycles. The van der Waals surface area contributed by atoms with Crippen LogP contribution >= 0.6 is 11.3 Å². The van der Waals surface area contributed by atoms with E-state index in [1.807, 2.05) is 36.3 Å². The van der Waals surface area contributed by atoms with Crippen LogP contribution in [0.2, 0.25) is 0 Å². The third kappa shape index (κ3) is 3.41. The molecule has 0 spiro atoms. The lowest BCUT2D eigenvalue weighted by Gasteiger charge is -2.00. The molecule has 0 radical (unpaired) electrons. The van der Waals surface area contributed by atoms with Gasteiger partial charge in [-0.2, -0.15) is 10.4 Å². The van der Waals surface area contributed by atoms with E-state index in [2.05, 4.69) is 16.5 Å². The third-order valence-electron chi connectivity index (χ3n) is 2.42. The van der Waals surface area contributed by atoms with Crippen LogP contribution in [0.3, 0.4) is 0 Å². The lowest BCUT2D eigenvalue weighted by Crippen LogP contribution is -2.15. The van der Waals surface area contributed by atoms with Crippen LogP contribution in [-0.4, -0.2) is 16.3 Å². The highest BCUT2D eigenvalue weighted by Gasteiger charge is 1.99. The Bertz CT molecular complexity index is 521. The molecule has 2 aromatic rings. The maximum atomic E-state index is 8.70. The summed E-state index contributed by atoms with van der Waals surface area (Å²) in [7, 11) is 1.92. The molecule has 5 heteroatoms. The van der Waals surface area contributed by atoms with Gasteiger partial charge in [-0.15, -0.1) is 11.3 Å². The molecule has 4 nitrogen and oxygen atoms in total. The highest BCUT2D eigenvalue weighted by molar-refractivity contribution is 7.12. The van der Waals surface area contributed by atoms with Crippen LogP contribution in [-0.2, 0) is 20.0 Å². The molecule has 88 valence electrons. The summed E-state index contributed by atoms with van der Waals surface area (Å²) in [6.07, 6.45) is 4.89. The van der Waals surface area contributed by atoms with Gasteiger partial charge in [-0.25, -0.2) is 0 Å². The zero-order chi connectivity index (χ0) is 12.1. The highest BCUT2D eigenvalue weighted by Crippen LogP contribution is 2.14. The lowest BCUT2D eigenvalue weighted by molar-refractivity contribution is 0.693. The fourth-order valence-corrected chi connectivity index (χ4v) is 2.35. The van der Waals surface area contributed by atoms with Gasteiger partial charge in [-0.1, -0.05) is 0 Å². The molecule has 0 fully saturated rings. The molecule has 0 bridgehead atoms. The van der Waals surface area contributed by atoms with Crippen LogP contribution in [0.1, 0.15) is 15.3 Å². The van der Waals surface area contributed by atoms with Crippen molar-refractivity contribution in [1.82, 2.24) is 15.1 Å². The Labute approximate surface area is 105 Å². The average molecular weight is 246 g/mol. The van der Waals surface area contributed by atoms with Crippen molar-refractivity contribution in [3.63, 3.8) is 0 Å². The minimum Gasteiger partial charge on any atom is -0.312 e. The van der Waals surface area contributed by atoms with E-state index in [-0.39, 0.29) is 0 Å². The van der Waals surface area contributed by atoms with Gasteiger partial charge >= 0.3 is 0 Å². The Morgan fingerprint density at radius 2 is 2.41 bits per heavy atom. The number of aryl methyl sites for hydroxylation is 1. The molecule has 0 aliphatic carbocycles. The van der Waals surface area contributed by atoms with E-state index in [1.165, 1.54) is 10.4 Å². The van der Waals surface area contributed by atoms with E-state index in [9.17, 15) is 0 Å². The second kappa shape index (κ2) is 5.62. The standard InChI is InChI=1S/C12H14N4S/c1-16-9-10(7-15-16)4-5-14-8-12-3-2-11(6-13)17-12/h2-3,7,9,14H,4-5,8H2,1H3. The van der Waals surface area contributed by atoms with E-state index in [1.54, 1.807) is 11.3 Å². The molecule has 0 unspecified atom stereocenters. The van der Waals surface area contributed by atoms with E-state index in [4.69, 9.17) is 5.26 Å². The van der Waals surface area contributed by atoms with Gasteiger partial charge < -0.3 is 5.32 Å².